The Morgan fingerprint density at radius 3 is 2.67 bits per heavy atom. The molecule has 0 aliphatic carbocycles. The van der Waals surface area contributed by atoms with Crippen LogP contribution in [0.15, 0.2) is 36.9 Å². The Labute approximate surface area is 89.4 Å². The van der Waals surface area contributed by atoms with Crippen molar-refractivity contribution in [2.45, 2.75) is 12.8 Å². The van der Waals surface area contributed by atoms with Crippen molar-refractivity contribution < 1.29 is 9.90 Å². The molecule has 0 fully saturated rings. The van der Waals surface area contributed by atoms with E-state index in [2.05, 4.69) is 11.9 Å². The van der Waals surface area contributed by atoms with Gasteiger partial charge in [-0.15, -0.1) is 6.58 Å². The third-order valence-corrected chi connectivity index (χ3v) is 2.21. The summed E-state index contributed by atoms with van der Waals surface area (Å²) in [6.07, 6.45) is 1.64. The second-order valence-corrected chi connectivity index (χ2v) is 3.35. The van der Waals surface area contributed by atoms with E-state index < -0.39 is 0 Å². The van der Waals surface area contributed by atoms with Crippen LogP contribution in [0.1, 0.15) is 18.4 Å². The predicted molar refractivity (Wildman–Crippen MR) is 59.7 cm³/mol. The van der Waals surface area contributed by atoms with Crippen LogP contribution < -0.4 is 5.32 Å². The zero-order valence-electron chi connectivity index (χ0n) is 8.73. The van der Waals surface area contributed by atoms with Gasteiger partial charge in [-0.2, -0.15) is 0 Å². The van der Waals surface area contributed by atoms with Crippen molar-refractivity contribution in [2.75, 3.05) is 6.54 Å². The molecule has 1 unspecified atom stereocenters. The molecule has 0 bridgehead atoms. The van der Waals surface area contributed by atoms with E-state index in [1.54, 1.807) is 30.3 Å². The Morgan fingerprint density at radius 1 is 1.53 bits per heavy atom. The molecular formula is C12H15NO2. The number of benzene rings is 1. The third-order valence-electron chi connectivity index (χ3n) is 2.21. The van der Waals surface area contributed by atoms with E-state index in [4.69, 9.17) is 5.11 Å². The fourth-order valence-electron chi connectivity index (χ4n) is 1.24. The average molecular weight is 205 g/mol. The quantitative estimate of drug-likeness (QED) is 0.736. The highest BCUT2D eigenvalue weighted by Gasteiger charge is 2.13. The average Bonchev–Trinajstić information content (AvgIpc) is 2.26. The number of amides is 1. The zero-order valence-corrected chi connectivity index (χ0v) is 8.73. The molecule has 2 N–H and O–H groups in total. The van der Waals surface area contributed by atoms with Gasteiger partial charge in [0.1, 0.15) is 5.75 Å². The van der Waals surface area contributed by atoms with Crippen molar-refractivity contribution in [3.05, 3.63) is 42.5 Å². The number of hydrogen-bond acceptors (Lipinski definition) is 2. The number of carbonyl (C=O) groups excluding carboxylic acids is 1. The third kappa shape index (κ3) is 3.13. The second kappa shape index (κ2) is 5.20. The molecule has 3 heteroatoms. The fraction of sp³-hybridized carbons (Fsp3) is 0.250. The molecule has 1 aromatic rings. The summed E-state index contributed by atoms with van der Waals surface area (Å²) in [7, 11) is 0. The number of phenolic OH excluding ortho intramolecular Hbond substituents is 1. The first kappa shape index (κ1) is 11.3. The molecule has 3 nitrogen and oxygen atoms in total. The van der Waals surface area contributed by atoms with Crippen molar-refractivity contribution in [1.29, 1.82) is 0 Å². The lowest BCUT2D eigenvalue weighted by Crippen LogP contribution is -2.27. The van der Waals surface area contributed by atoms with Crippen molar-refractivity contribution in [1.82, 2.24) is 5.32 Å². The van der Waals surface area contributed by atoms with Gasteiger partial charge in [-0.05, 0) is 24.6 Å². The van der Waals surface area contributed by atoms with Crippen LogP contribution in [-0.2, 0) is 4.79 Å². The highest BCUT2D eigenvalue weighted by atomic mass is 16.3. The molecule has 0 aromatic heterocycles. The first-order valence-electron chi connectivity index (χ1n) is 4.82. The summed E-state index contributed by atoms with van der Waals surface area (Å²) >= 11 is 0. The Morgan fingerprint density at radius 2 is 2.13 bits per heavy atom. The van der Waals surface area contributed by atoms with Crippen LogP contribution >= 0.6 is 0 Å². The van der Waals surface area contributed by atoms with Crippen LogP contribution in [0.5, 0.6) is 5.75 Å². The summed E-state index contributed by atoms with van der Waals surface area (Å²) in [4.78, 5) is 11.6. The minimum atomic E-state index is -0.217. The highest BCUT2D eigenvalue weighted by molar-refractivity contribution is 5.83. The molecule has 0 radical (unpaired) electrons. The SMILES string of the molecule is C=CCNC(=O)C(C)c1ccc(O)cc1. The van der Waals surface area contributed by atoms with Gasteiger partial charge >= 0.3 is 0 Å². The van der Waals surface area contributed by atoms with Gasteiger partial charge in [0.15, 0.2) is 0 Å². The van der Waals surface area contributed by atoms with Gasteiger partial charge < -0.3 is 10.4 Å². The van der Waals surface area contributed by atoms with Gasteiger partial charge in [0, 0.05) is 6.54 Å². The lowest BCUT2D eigenvalue weighted by molar-refractivity contribution is -0.122. The van der Waals surface area contributed by atoms with E-state index in [9.17, 15) is 4.79 Å². The molecule has 0 aliphatic heterocycles. The van der Waals surface area contributed by atoms with E-state index in [1.165, 1.54) is 0 Å². The number of nitrogens with one attached hydrogen (secondary N) is 1. The second-order valence-electron chi connectivity index (χ2n) is 3.35. The van der Waals surface area contributed by atoms with Gasteiger partial charge in [-0.3, -0.25) is 4.79 Å². The van der Waals surface area contributed by atoms with Gasteiger partial charge in [0.25, 0.3) is 0 Å². The standard InChI is InChI=1S/C12H15NO2/c1-3-8-13-12(15)9(2)10-4-6-11(14)7-5-10/h3-7,9,14H,1,8H2,2H3,(H,13,15). The van der Waals surface area contributed by atoms with Crippen LogP contribution in [-0.4, -0.2) is 17.6 Å². The summed E-state index contributed by atoms with van der Waals surface area (Å²) in [5.41, 5.74) is 0.884. The first-order valence-corrected chi connectivity index (χ1v) is 4.82. The van der Waals surface area contributed by atoms with Gasteiger partial charge in [0.2, 0.25) is 5.91 Å². The largest absolute Gasteiger partial charge is 0.508 e. The van der Waals surface area contributed by atoms with Crippen molar-refractivity contribution in [3.8, 4) is 5.75 Å². The summed E-state index contributed by atoms with van der Waals surface area (Å²) in [6.45, 7) is 5.83. The molecular weight excluding hydrogens is 190 g/mol. The number of rotatable bonds is 4. The van der Waals surface area contributed by atoms with Gasteiger partial charge in [0.05, 0.1) is 5.92 Å². The summed E-state index contributed by atoms with van der Waals surface area (Å²) < 4.78 is 0. The highest BCUT2D eigenvalue weighted by Crippen LogP contribution is 2.18. The van der Waals surface area contributed by atoms with Crippen molar-refractivity contribution >= 4 is 5.91 Å². The Kier molecular flexibility index (Phi) is 3.92. The number of carbonyl (C=O) groups is 1. The van der Waals surface area contributed by atoms with Crippen LogP contribution in [0, 0.1) is 0 Å². The summed E-state index contributed by atoms with van der Waals surface area (Å²) in [6, 6.07) is 6.64. The van der Waals surface area contributed by atoms with Crippen molar-refractivity contribution in [2.24, 2.45) is 0 Å². The molecule has 0 spiro atoms. The maximum Gasteiger partial charge on any atom is 0.227 e. The molecule has 1 aromatic carbocycles. The first-order chi connectivity index (χ1) is 7.15. The van der Waals surface area contributed by atoms with Gasteiger partial charge in [-0.25, -0.2) is 0 Å². The molecule has 1 rings (SSSR count). The maximum atomic E-state index is 11.6. The molecule has 0 heterocycles. The minimum Gasteiger partial charge on any atom is -0.508 e. The number of phenols is 1. The molecule has 80 valence electrons. The number of aromatic hydroxyl groups is 1. The van der Waals surface area contributed by atoms with Gasteiger partial charge in [-0.1, -0.05) is 18.2 Å². The fourth-order valence-corrected chi connectivity index (χ4v) is 1.24. The molecule has 15 heavy (non-hydrogen) atoms. The topological polar surface area (TPSA) is 49.3 Å². The summed E-state index contributed by atoms with van der Waals surface area (Å²) in [5.74, 6) is -0.0522. The van der Waals surface area contributed by atoms with E-state index in [1.807, 2.05) is 6.92 Å². The Hall–Kier alpha value is -1.77. The normalized spacial score (nSPS) is 11.8. The van der Waals surface area contributed by atoms with Crippen LogP contribution in [0.4, 0.5) is 0 Å². The molecule has 1 atom stereocenters. The predicted octanol–water partition coefficient (Wildman–Crippen LogP) is 1.80. The van der Waals surface area contributed by atoms with Crippen LogP contribution in [0.25, 0.3) is 0 Å². The smallest absolute Gasteiger partial charge is 0.227 e. The van der Waals surface area contributed by atoms with E-state index in [-0.39, 0.29) is 17.6 Å². The zero-order chi connectivity index (χ0) is 11.3. The summed E-state index contributed by atoms with van der Waals surface area (Å²) in [5, 5.41) is 11.8. The molecule has 0 aliphatic rings. The maximum absolute atomic E-state index is 11.6. The van der Waals surface area contributed by atoms with E-state index in [0.717, 1.165) is 5.56 Å². The van der Waals surface area contributed by atoms with E-state index >= 15 is 0 Å². The van der Waals surface area contributed by atoms with Crippen LogP contribution in [0.2, 0.25) is 0 Å². The van der Waals surface area contributed by atoms with E-state index in [0.29, 0.717) is 6.54 Å². The number of hydrogen-bond donors (Lipinski definition) is 2. The Balaban J connectivity index is 2.67. The lowest BCUT2D eigenvalue weighted by Gasteiger charge is -2.11. The van der Waals surface area contributed by atoms with Crippen molar-refractivity contribution in [3.63, 3.8) is 0 Å². The molecule has 0 saturated carbocycles. The molecule has 1 amide bonds. The minimum absolute atomic E-state index is 0.0411. The Bertz CT molecular complexity index is 343. The van der Waals surface area contributed by atoms with Crippen LogP contribution in [0.3, 0.4) is 0 Å². The molecule has 0 saturated heterocycles. The monoisotopic (exact) mass is 205 g/mol. The lowest BCUT2D eigenvalue weighted by atomic mass is 10.0.